The van der Waals surface area contributed by atoms with E-state index in [1.165, 1.54) is 45.2 Å². The Morgan fingerprint density at radius 1 is 0.846 bits per heavy atom. The zero-order valence-electron chi connectivity index (χ0n) is 9.60. The number of rotatable bonds is 9. The maximum absolute atomic E-state index is 3.49. The van der Waals surface area contributed by atoms with Crippen LogP contribution in [0.15, 0.2) is 0 Å². The second-order valence-corrected chi connectivity index (χ2v) is 3.60. The molecule has 0 saturated heterocycles. The zero-order chi connectivity index (χ0) is 9.94. The van der Waals surface area contributed by atoms with Crippen molar-refractivity contribution in [2.24, 2.45) is 0 Å². The lowest BCUT2D eigenvalue weighted by atomic mass is 10.3. The standard InChI is InChI=1S/C11H26N2/c1-4-7-9-12-13(10-6-3)11-8-5-2/h12H,4-11H2,1-3H3. The Hall–Kier alpha value is -0.0800. The predicted molar refractivity (Wildman–Crippen MR) is 59.7 cm³/mol. The van der Waals surface area contributed by atoms with Crippen molar-refractivity contribution < 1.29 is 0 Å². The van der Waals surface area contributed by atoms with Gasteiger partial charge in [0.15, 0.2) is 0 Å². The first-order valence-corrected chi connectivity index (χ1v) is 5.83. The molecule has 13 heavy (non-hydrogen) atoms. The van der Waals surface area contributed by atoms with Crippen LogP contribution in [0.3, 0.4) is 0 Å². The summed E-state index contributed by atoms with van der Waals surface area (Å²) in [6.07, 6.45) is 6.39. The quantitative estimate of drug-likeness (QED) is 0.440. The summed E-state index contributed by atoms with van der Waals surface area (Å²) in [5, 5.41) is 2.37. The van der Waals surface area contributed by atoms with E-state index in [4.69, 9.17) is 0 Å². The summed E-state index contributed by atoms with van der Waals surface area (Å²) >= 11 is 0. The highest BCUT2D eigenvalue weighted by Crippen LogP contribution is 1.94. The van der Waals surface area contributed by atoms with Crippen molar-refractivity contribution in [1.29, 1.82) is 0 Å². The number of hydrazine groups is 1. The summed E-state index contributed by atoms with van der Waals surface area (Å²) in [6, 6.07) is 0. The van der Waals surface area contributed by atoms with Crippen LogP contribution in [0, 0.1) is 0 Å². The number of hydrogen-bond donors (Lipinski definition) is 1. The Morgan fingerprint density at radius 3 is 2.08 bits per heavy atom. The predicted octanol–water partition coefficient (Wildman–Crippen LogP) is 2.80. The fraction of sp³-hybridized carbons (Fsp3) is 1.00. The number of nitrogens with zero attached hydrogens (tertiary/aromatic N) is 1. The molecule has 0 atom stereocenters. The number of unbranched alkanes of at least 4 members (excludes halogenated alkanes) is 2. The lowest BCUT2D eigenvalue weighted by Crippen LogP contribution is -2.39. The minimum Gasteiger partial charge on any atom is -0.255 e. The van der Waals surface area contributed by atoms with Crippen LogP contribution in [-0.2, 0) is 0 Å². The first kappa shape index (κ1) is 12.9. The molecule has 0 saturated carbocycles. The van der Waals surface area contributed by atoms with Gasteiger partial charge in [-0.2, -0.15) is 0 Å². The lowest BCUT2D eigenvalue weighted by molar-refractivity contribution is 0.184. The molecule has 0 bridgehead atoms. The van der Waals surface area contributed by atoms with Gasteiger partial charge in [-0.05, 0) is 19.3 Å². The average Bonchev–Trinajstić information content (AvgIpc) is 2.14. The van der Waals surface area contributed by atoms with E-state index in [1.807, 2.05) is 0 Å². The van der Waals surface area contributed by atoms with Gasteiger partial charge in [0.1, 0.15) is 0 Å². The van der Waals surface area contributed by atoms with Crippen molar-refractivity contribution in [3.63, 3.8) is 0 Å². The molecule has 0 unspecified atom stereocenters. The van der Waals surface area contributed by atoms with E-state index in [-0.39, 0.29) is 0 Å². The Kier molecular flexibility index (Phi) is 9.94. The molecule has 0 aliphatic heterocycles. The van der Waals surface area contributed by atoms with Crippen LogP contribution in [0.4, 0.5) is 0 Å². The number of nitrogens with one attached hydrogen (secondary N) is 1. The Labute approximate surface area is 83.7 Å². The van der Waals surface area contributed by atoms with Crippen molar-refractivity contribution in [1.82, 2.24) is 10.4 Å². The topological polar surface area (TPSA) is 15.3 Å². The third-order valence-electron chi connectivity index (χ3n) is 2.14. The molecule has 0 heterocycles. The molecule has 0 fully saturated rings. The van der Waals surface area contributed by atoms with E-state index in [9.17, 15) is 0 Å². The van der Waals surface area contributed by atoms with Crippen molar-refractivity contribution >= 4 is 0 Å². The summed E-state index contributed by atoms with van der Waals surface area (Å²) in [5.41, 5.74) is 3.49. The minimum atomic E-state index is 1.14. The van der Waals surface area contributed by atoms with E-state index >= 15 is 0 Å². The molecule has 0 amide bonds. The van der Waals surface area contributed by atoms with Gasteiger partial charge in [-0.1, -0.05) is 33.6 Å². The highest BCUT2D eigenvalue weighted by atomic mass is 15.5. The minimum absolute atomic E-state index is 1.14. The molecular formula is C11H26N2. The molecule has 0 aromatic rings. The first-order chi connectivity index (χ1) is 6.35. The maximum Gasteiger partial charge on any atom is 0.0130 e. The van der Waals surface area contributed by atoms with Crippen LogP contribution in [0.25, 0.3) is 0 Å². The molecule has 80 valence electrons. The van der Waals surface area contributed by atoms with Crippen molar-refractivity contribution in [3.05, 3.63) is 0 Å². The normalized spacial score (nSPS) is 11.1. The van der Waals surface area contributed by atoms with Gasteiger partial charge in [0.25, 0.3) is 0 Å². The Morgan fingerprint density at radius 2 is 1.54 bits per heavy atom. The lowest BCUT2D eigenvalue weighted by Gasteiger charge is -2.22. The van der Waals surface area contributed by atoms with Gasteiger partial charge in [0.2, 0.25) is 0 Å². The van der Waals surface area contributed by atoms with Crippen LogP contribution in [-0.4, -0.2) is 24.6 Å². The average molecular weight is 186 g/mol. The summed E-state index contributed by atoms with van der Waals surface area (Å²) in [6.45, 7) is 10.2. The number of hydrogen-bond acceptors (Lipinski definition) is 2. The van der Waals surface area contributed by atoms with Crippen molar-refractivity contribution in [2.45, 2.75) is 52.9 Å². The molecule has 0 aromatic carbocycles. The second kappa shape index (κ2) is 10.0. The Bertz CT molecular complexity index is 94.1. The molecule has 0 rings (SSSR count). The molecule has 1 N–H and O–H groups in total. The molecule has 0 aromatic heterocycles. The van der Waals surface area contributed by atoms with Gasteiger partial charge in [-0.25, -0.2) is 5.01 Å². The highest BCUT2D eigenvalue weighted by molar-refractivity contribution is 4.51. The van der Waals surface area contributed by atoms with Crippen molar-refractivity contribution in [2.75, 3.05) is 19.6 Å². The van der Waals surface area contributed by atoms with Gasteiger partial charge in [-0.15, -0.1) is 0 Å². The van der Waals surface area contributed by atoms with Crippen molar-refractivity contribution in [3.8, 4) is 0 Å². The molecule has 2 heteroatoms. The van der Waals surface area contributed by atoms with Crippen LogP contribution >= 0.6 is 0 Å². The monoisotopic (exact) mass is 186 g/mol. The molecular weight excluding hydrogens is 160 g/mol. The third-order valence-corrected chi connectivity index (χ3v) is 2.14. The van der Waals surface area contributed by atoms with Gasteiger partial charge >= 0.3 is 0 Å². The molecule has 0 spiro atoms. The van der Waals surface area contributed by atoms with Crippen LogP contribution in [0.2, 0.25) is 0 Å². The van der Waals surface area contributed by atoms with Gasteiger partial charge in [-0.3, -0.25) is 5.43 Å². The summed E-state index contributed by atoms with van der Waals surface area (Å²) in [7, 11) is 0. The summed E-state index contributed by atoms with van der Waals surface area (Å²) in [5.74, 6) is 0. The van der Waals surface area contributed by atoms with Crippen LogP contribution in [0.1, 0.15) is 52.9 Å². The first-order valence-electron chi connectivity index (χ1n) is 5.83. The zero-order valence-corrected chi connectivity index (χ0v) is 9.60. The Balaban J connectivity index is 3.41. The molecule has 0 aliphatic rings. The van der Waals surface area contributed by atoms with Crippen LogP contribution < -0.4 is 5.43 Å². The summed E-state index contributed by atoms with van der Waals surface area (Å²) < 4.78 is 0. The van der Waals surface area contributed by atoms with E-state index in [1.54, 1.807) is 0 Å². The van der Waals surface area contributed by atoms with E-state index in [2.05, 4.69) is 31.2 Å². The van der Waals surface area contributed by atoms with Gasteiger partial charge in [0, 0.05) is 19.6 Å². The van der Waals surface area contributed by atoms with Crippen LogP contribution in [0.5, 0.6) is 0 Å². The smallest absolute Gasteiger partial charge is 0.0130 e. The van der Waals surface area contributed by atoms with E-state index < -0.39 is 0 Å². The van der Waals surface area contributed by atoms with Gasteiger partial charge < -0.3 is 0 Å². The second-order valence-electron chi connectivity index (χ2n) is 3.60. The SMILES string of the molecule is CCCCNN(CCC)CCCC. The fourth-order valence-electron chi connectivity index (χ4n) is 1.30. The molecule has 2 nitrogen and oxygen atoms in total. The van der Waals surface area contributed by atoms with Gasteiger partial charge in [0.05, 0.1) is 0 Å². The van der Waals surface area contributed by atoms with E-state index in [0.29, 0.717) is 0 Å². The fourth-order valence-corrected chi connectivity index (χ4v) is 1.30. The highest BCUT2D eigenvalue weighted by Gasteiger charge is 2.00. The maximum atomic E-state index is 3.49. The van der Waals surface area contributed by atoms with E-state index in [0.717, 1.165) is 6.54 Å². The third kappa shape index (κ3) is 8.26. The summed E-state index contributed by atoms with van der Waals surface area (Å²) in [4.78, 5) is 0. The largest absolute Gasteiger partial charge is 0.255 e. The molecule has 0 aliphatic carbocycles. The molecule has 0 radical (unpaired) electrons.